The molecule has 0 radical (unpaired) electrons. The van der Waals surface area contributed by atoms with Crippen molar-refractivity contribution in [1.82, 2.24) is 10.2 Å². The quantitative estimate of drug-likeness (QED) is 0.571. The Balaban J connectivity index is 1.81. The fourth-order valence-electron chi connectivity index (χ4n) is 3.71. The smallest absolute Gasteiger partial charge is 0.242 e. The zero-order chi connectivity index (χ0) is 21.7. The van der Waals surface area contributed by atoms with Crippen molar-refractivity contribution < 1.29 is 9.59 Å². The van der Waals surface area contributed by atoms with Gasteiger partial charge in [-0.15, -0.1) is 0 Å². The molecule has 1 aliphatic carbocycles. The Hall–Kier alpha value is -1.75. The molecule has 160 valence electrons. The fraction of sp³-hybridized carbons (Fsp3) is 0.391. The summed E-state index contributed by atoms with van der Waals surface area (Å²) in [5.41, 5.74) is 1.45. The van der Waals surface area contributed by atoms with Crippen molar-refractivity contribution in [2.45, 2.75) is 57.7 Å². The minimum Gasteiger partial charge on any atom is -0.352 e. The first-order valence-corrected chi connectivity index (χ1v) is 11.3. The largest absolute Gasteiger partial charge is 0.352 e. The van der Waals surface area contributed by atoms with E-state index in [4.69, 9.17) is 34.8 Å². The van der Waals surface area contributed by atoms with Gasteiger partial charge in [-0.05, 0) is 49.1 Å². The molecule has 0 unspecified atom stereocenters. The Kier molecular flexibility index (Phi) is 8.04. The summed E-state index contributed by atoms with van der Waals surface area (Å²) in [6, 6.07) is 11.9. The van der Waals surface area contributed by atoms with E-state index < -0.39 is 6.04 Å². The summed E-state index contributed by atoms with van der Waals surface area (Å²) >= 11 is 18.6. The summed E-state index contributed by atoms with van der Waals surface area (Å²) in [6.45, 7) is 1.99. The summed E-state index contributed by atoms with van der Waals surface area (Å²) in [5.74, 6) is -0.349. The first-order valence-electron chi connectivity index (χ1n) is 10.1. The lowest BCUT2D eigenvalue weighted by Gasteiger charge is -2.30. The molecule has 2 aromatic carbocycles. The number of nitrogens with zero attached hydrogens (tertiary/aromatic N) is 1. The molecule has 2 aromatic rings. The summed E-state index contributed by atoms with van der Waals surface area (Å²) < 4.78 is 0. The molecule has 1 aliphatic rings. The van der Waals surface area contributed by atoms with Gasteiger partial charge in [0.1, 0.15) is 6.04 Å². The number of carbonyl (C=O) groups excluding carboxylic acids is 2. The van der Waals surface area contributed by atoms with Crippen LogP contribution in [0.2, 0.25) is 15.1 Å². The van der Waals surface area contributed by atoms with Crippen LogP contribution in [0.3, 0.4) is 0 Å². The van der Waals surface area contributed by atoms with E-state index in [0.717, 1.165) is 31.2 Å². The van der Waals surface area contributed by atoms with Gasteiger partial charge in [0.05, 0.1) is 6.42 Å². The molecule has 1 atom stereocenters. The third kappa shape index (κ3) is 5.90. The number of carbonyl (C=O) groups is 2. The molecule has 30 heavy (non-hydrogen) atoms. The van der Waals surface area contributed by atoms with Crippen LogP contribution in [0, 0.1) is 0 Å². The molecule has 0 bridgehead atoms. The van der Waals surface area contributed by atoms with E-state index in [2.05, 4.69) is 5.32 Å². The standard InChI is InChI=1S/C23H25Cl3N2O2/c1-15(23(30)27-19-7-3-4-8-19)28(14-17-6-2-5-9-20(17)25)22(29)12-16-10-11-18(24)13-21(16)26/h2,5-6,9-11,13,15,19H,3-4,7-8,12,14H2,1H3,(H,27,30)/t15-/m0/s1. The van der Waals surface area contributed by atoms with Crippen molar-refractivity contribution >= 4 is 46.6 Å². The highest BCUT2D eigenvalue weighted by molar-refractivity contribution is 6.35. The second-order valence-electron chi connectivity index (χ2n) is 7.69. The lowest BCUT2D eigenvalue weighted by Crippen LogP contribution is -2.50. The topological polar surface area (TPSA) is 49.4 Å². The lowest BCUT2D eigenvalue weighted by atomic mass is 10.1. The van der Waals surface area contributed by atoms with Gasteiger partial charge >= 0.3 is 0 Å². The van der Waals surface area contributed by atoms with Crippen LogP contribution < -0.4 is 5.32 Å². The van der Waals surface area contributed by atoms with E-state index in [1.165, 1.54) is 0 Å². The van der Waals surface area contributed by atoms with Crippen LogP contribution in [0.1, 0.15) is 43.7 Å². The second-order valence-corrected chi connectivity index (χ2v) is 8.94. The zero-order valence-corrected chi connectivity index (χ0v) is 19.1. The molecule has 1 N–H and O–H groups in total. The SMILES string of the molecule is C[C@@H](C(=O)NC1CCCC1)N(Cc1ccccc1Cl)C(=O)Cc1ccc(Cl)cc1Cl. The first-order chi connectivity index (χ1) is 14.3. The minimum atomic E-state index is -0.638. The number of halogens is 3. The molecule has 2 amide bonds. The Bertz CT molecular complexity index is 913. The molecule has 0 spiro atoms. The van der Waals surface area contributed by atoms with Crippen molar-refractivity contribution in [1.29, 1.82) is 0 Å². The van der Waals surface area contributed by atoms with Gasteiger partial charge in [0.15, 0.2) is 0 Å². The van der Waals surface area contributed by atoms with Crippen LogP contribution in [0.15, 0.2) is 42.5 Å². The third-order valence-electron chi connectivity index (χ3n) is 5.52. The van der Waals surface area contributed by atoms with E-state index >= 15 is 0 Å². The van der Waals surface area contributed by atoms with Gasteiger partial charge in [-0.2, -0.15) is 0 Å². The van der Waals surface area contributed by atoms with Gasteiger partial charge in [0.25, 0.3) is 0 Å². The number of benzene rings is 2. The number of rotatable bonds is 7. The van der Waals surface area contributed by atoms with E-state index in [9.17, 15) is 9.59 Å². The fourth-order valence-corrected chi connectivity index (χ4v) is 4.39. The maximum absolute atomic E-state index is 13.3. The number of hydrogen-bond donors (Lipinski definition) is 1. The number of nitrogens with one attached hydrogen (secondary N) is 1. The highest BCUT2D eigenvalue weighted by Crippen LogP contribution is 2.24. The predicted molar refractivity (Wildman–Crippen MR) is 122 cm³/mol. The van der Waals surface area contributed by atoms with Crippen LogP contribution in [0.4, 0.5) is 0 Å². The Morgan fingerprint density at radius 3 is 2.40 bits per heavy atom. The molecular formula is C23H25Cl3N2O2. The van der Waals surface area contributed by atoms with E-state index in [-0.39, 0.29) is 30.8 Å². The third-order valence-corrected chi connectivity index (χ3v) is 6.48. The molecule has 4 nitrogen and oxygen atoms in total. The molecule has 0 saturated heterocycles. The summed E-state index contributed by atoms with van der Waals surface area (Å²) in [5, 5.41) is 4.58. The summed E-state index contributed by atoms with van der Waals surface area (Å²) in [4.78, 5) is 27.7. The highest BCUT2D eigenvalue weighted by atomic mass is 35.5. The molecule has 3 rings (SSSR count). The van der Waals surface area contributed by atoms with E-state index in [1.54, 1.807) is 36.1 Å². The maximum atomic E-state index is 13.3. The van der Waals surface area contributed by atoms with Crippen molar-refractivity contribution in [2.24, 2.45) is 0 Å². The molecule has 0 heterocycles. The van der Waals surface area contributed by atoms with Gasteiger partial charge in [-0.1, -0.05) is 71.9 Å². The van der Waals surface area contributed by atoms with Crippen LogP contribution in [0.25, 0.3) is 0 Å². The van der Waals surface area contributed by atoms with Crippen LogP contribution in [-0.4, -0.2) is 28.8 Å². The molecular weight excluding hydrogens is 443 g/mol. The lowest BCUT2D eigenvalue weighted by molar-refractivity contribution is -0.140. The summed E-state index contributed by atoms with van der Waals surface area (Å²) in [7, 11) is 0. The number of hydrogen-bond acceptors (Lipinski definition) is 2. The average molecular weight is 468 g/mol. The highest BCUT2D eigenvalue weighted by Gasteiger charge is 2.29. The molecule has 1 fully saturated rings. The van der Waals surface area contributed by atoms with Crippen LogP contribution >= 0.6 is 34.8 Å². The Morgan fingerprint density at radius 2 is 1.73 bits per heavy atom. The normalized spacial score (nSPS) is 15.1. The predicted octanol–water partition coefficient (Wildman–Crippen LogP) is 5.67. The van der Waals surface area contributed by atoms with Crippen molar-refractivity contribution in [3.05, 3.63) is 68.7 Å². The zero-order valence-electron chi connectivity index (χ0n) is 16.8. The van der Waals surface area contributed by atoms with E-state index in [1.807, 2.05) is 18.2 Å². The molecule has 0 aromatic heterocycles. The van der Waals surface area contributed by atoms with Gasteiger partial charge in [0.2, 0.25) is 11.8 Å². The van der Waals surface area contributed by atoms with E-state index in [0.29, 0.717) is 20.6 Å². The van der Waals surface area contributed by atoms with Gasteiger partial charge in [-0.25, -0.2) is 0 Å². The second kappa shape index (κ2) is 10.5. The molecule has 7 heteroatoms. The minimum absolute atomic E-state index is 0.0709. The van der Waals surface area contributed by atoms with Gasteiger partial charge in [-0.3, -0.25) is 9.59 Å². The van der Waals surface area contributed by atoms with Crippen molar-refractivity contribution in [2.75, 3.05) is 0 Å². The maximum Gasteiger partial charge on any atom is 0.242 e. The average Bonchev–Trinajstić information content (AvgIpc) is 3.22. The van der Waals surface area contributed by atoms with Crippen molar-refractivity contribution in [3.8, 4) is 0 Å². The number of amides is 2. The van der Waals surface area contributed by atoms with Crippen LogP contribution in [-0.2, 0) is 22.6 Å². The van der Waals surface area contributed by atoms with Crippen molar-refractivity contribution in [3.63, 3.8) is 0 Å². The molecule has 1 saturated carbocycles. The Morgan fingerprint density at radius 1 is 1.03 bits per heavy atom. The Labute approximate surface area is 192 Å². The molecule has 0 aliphatic heterocycles. The first kappa shape index (κ1) is 22.9. The van der Waals surface area contributed by atoms with Gasteiger partial charge < -0.3 is 10.2 Å². The van der Waals surface area contributed by atoms with Gasteiger partial charge in [0, 0.05) is 27.7 Å². The monoisotopic (exact) mass is 466 g/mol. The van der Waals surface area contributed by atoms with Crippen LogP contribution in [0.5, 0.6) is 0 Å². The summed E-state index contributed by atoms with van der Waals surface area (Å²) in [6.07, 6.45) is 4.28.